The molecule has 0 radical (unpaired) electrons. The lowest BCUT2D eigenvalue weighted by Gasteiger charge is -2.39. The molecule has 0 rings (SSSR count). The Balaban J connectivity index is 5.92. The molecular formula is C21H40O4. The molecule has 0 aliphatic carbocycles. The molecule has 25 heavy (non-hydrogen) atoms. The van der Waals surface area contributed by atoms with Gasteiger partial charge in [-0.2, -0.15) is 0 Å². The van der Waals surface area contributed by atoms with E-state index >= 15 is 0 Å². The van der Waals surface area contributed by atoms with Gasteiger partial charge < -0.3 is 9.84 Å². The van der Waals surface area contributed by atoms with Crippen LogP contribution in [-0.4, -0.2) is 23.7 Å². The van der Waals surface area contributed by atoms with Gasteiger partial charge in [-0.25, -0.2) is 0 Å². The van der Waals surface area contributed by atoms with E-state index in [9.17, 15) is 14.7 Å². The molecule has 4 nitrogen and oxygen atoms in total. The quantitative estimate of drug-likeness (QED) is 0.475. The first-order valence-electron chi connectivity index (χ1n) is 9.82. The zero-order valence-corrected chi connectivity index (χ0v) is 17.6. The fourth-order valence-electron chi connectivity index (χ4n) is 3.44. The molecule has 148 valence electrons. The van der Waals surface area contributed by atoms with Crippen molar-refractivity contribution in [1.29, 1.82) is 0 Å². The second kappa shape index (κ2) is 10.8. The van der Waals surface area contributed by atoms with Gasteiger partial charge >= 0.3 is 11.9 Å². The molecule has 0 amide bonds. The summed E-state index contributed by atoms with van der Waals surface area (Å²) in [5, 5.41) is 9.95. The van der Waals surface area contributed by atoms with Crippen LogP contribution >= 0.6 is 0 Å². The van der Waals surface area contributed by atoms with E-state index in [2.05, 4.69) is 13.8 Å². The minimum Gasteiger partial charge on any atom is -0.481 e. The maximum Gasteiger partial charge on any atom is 0.312 e. The van der Waals surface area contributed by atoms with Gasteiger partial charge in [0.05, 0.1) is 17.9 Å². The smallest absolute Gasteiger partial charge is 0.312 e. The van der Waals surface area contributed by atoms with Gasteiger partial charge in [-0.05, 0) is 49.4 Å². The van der Waals surface area contributed by atoms with Crippen molar-refractivity contribution < 1.29 is 19.4 Å². The second-order valence-corrected chi connectivity index (χ2v) is 9.20. The van der Waals surface area contributed by atoms with Gasteiger partial charge in [0, 0.05) is 0 Å². The Labute approximate surface area is 154 Å². The lowest BCUT2D eigenvalue weighted by Crippen LogP contribution is -2.46. The maximum atomic E-state index is 13.2. The molecule has 0 spiro atoms. The Morgan fingerprint density at radius 2 is 1.44 bits per heavy atom. The third kappa shape index (κ3) is 8.24. The second-order valence-electron chi connectivity index (χ2n) is 9.20. The van der Waals surface area contributed by atoms with E-state index in [-0.39, 0.29) is 23.7 Å². The third-order valence-electron chi connectivity index (χ3n) is 4.57. The number of hydrogen-bond donors (Lipinski definition) is 1. The molecule has 2 unspecified atom stereocenters. The molecule has 1 N–H and O–H groups in total. The first-order valence-corrected chi connectivity index (χ1v) is 9.82. The first-order chi connectivity index (χ1) is 11.4. The lowest BCUT2D eigenvalue weighted by atomic mass is 9.64. The molecule has 4 heteroatoms. The molecule has 0 aromatic heterocycles. The Hall–Kier alpha value is -1.06. The van der Waals surface area contributed by atoms with E-state index < -0.39 is 17.3 Å². The summed E-state index contributed by atoms with van der Waals surface area (Å²) < 4.78 is 5.61. The van der Waals surface area contributed by atoms with Crippen molar-refractivity contribution in [2.75, 3.05) is 6.61 Å². The number of esters is 1. The van der Waals surface area contributed by atoms with Crippen LogP contribution in [0.3, 0.4) is 0 Å². The van der Waals surface area contributed by atoms with Crippen LogP contribution in [0.1, 0.15) is 81.1 Å². The predicted molar refractivity (Wildman–Crippen MR) is 102 cm³/mol. The largest absolute Gasteiger partial charge is 0.481 e. The van der Waals surface area contributed by atoms with Gasteiger partial charge in [0.2, 0.25) is 0 Å². The Morgan fingerprint density at radius 1 is 0.880 bits per heavy atom. The van der Waals surface area contributed by atoms with E-state index in [0.717, 1.165) is 6.42 Å². The summed E-state index contributed by atoms with van der Waals surface area (Å²) >= 11 is 0. The van der Waals surface area contributed by atoms with Crippen LogP contribution in [-0.2, 0) is 14.3 Å². The number of carboxylic acid groups (broad SMARTS) is 1. The molecule has 0 heterocycles. The molecule has 2 atom stereocenters. The fourth-order valence-corrected chi connectivity index (χ4v) is 3.44. The molecule has 0 saturated heterocycles. The average Bonchev–Trinajstić information content (AvgIpc) is 2.45. The number of carbonyl (C=O) groups excluding carboxylic acids is 1. The highest BCUT2D eigenvalue weighted by Crippen LogP contribution is 2.44. The van der Waals surface area contributed by atoms with E-state index in [4.69, 9.17) is 4.74 Å². The Bertz CT molecular complexity index is 412. The molecular weight excluding hydrogens is 316 g/mol. The van der Waals surface area contributed by atoms with E-state index in [1.54, 1.807) is 0 Å². The van der Waals surface area contributed by atoms with Crippen molar-refractivity contribution in [3.05, 3.63) is 0 Å². The Kier molecular flexibility index (Phi) is 10.4. The van der Waals surface area contributed by atoms with Crippen molar-refractivity contribution in [2.45, 2.75) is 81.1 Å². The lowest BCUT2D eigenvalue weighted by molar-refractivity contribution is -0.172. The standard InChI is InChI=1S/C21H40O4/c1-14(2)9-10-21(12-16(5)6,20(24)25-13-17(7)8)18(19(22)23)11-15(3)4/h14-18H,9-13H2,1-8H3,(H,22,23). The summed E-state index contributed by atoms with van der Waals surface area (Å²) in [5.74, 6) is -0.800. The summed E-state index contributed by atoms with van der Waals surface area (Å²) in [6.07, 6.45) is 2.45. The van der Waals surface area contributed by atoms with E-state index in [1.807, 2.05) is 41.5 Å². The first kappa shape index (κ1) is 23.9. The summed E-state index contributed by atoms with van der Waals surface area (Å²) in [6.45, 7) is 16.7. The molecule has 0 aromatic rings. The van der Waals surface area contributed by atoms with Gasteiger partial charge in [0.1, 0.15) is 0 Å². The highest BCUT2D eigenvalue weighted by atomic mass is 16.5. The van der Waals surface area contributed by atoms with Crippen LogP contribution in [0, 0.1) is 35.0 Å². The monoisotopic (exact) mass is 356 g/mol. The van der Waals surface area contributed by atoms with Crippen LogP contribution in [0.2, 0.25) is 0 Å². The average molecular weight is 357 g/mol. The number of carbonyl (C=O) groups is 2. The molecule has 0 bridgehead atoms. The predicted octanol–water partition coefficient (Wildman–Crippen LogP) is 5.40. The molecule has 0 fully saturated rings. The normalized spacial score (nSPS) is 15.7. The number of ether oxygens (including phenoxy) is 1. The zero-order chi connectivity index (χ0) is 19.8. The molecule has 0 aromatic carbocycles. The molecule has 0 aliphatic heterocycles. The highest BCUT2D eigenvalue weighted by molar-refractivity contribution is 5.84. The number of aliphatic carboxylic acids is 1. The van der Waals surface area contributed by atoms with Crippen LogP contribution in [0.25, 0.3) is 0 Å². The van der Waals surface area contributed by atoms with Crippen LogP contribution in [0.15, 0.2) is 0 Å². The van der Waals surface area contributed by atoms with E-state index in [0.29, 0.717) is 31.8 Å². The van der Waals surface area contributed by atoms with Crippen LogP contribution in [0.4, 0.5) is 0 Å². The minimum absolute atomic E-state index is 0.213. The van der Waals surface area contributed by atoms with E-state index in [1.165, 1.54) is 0 Å². The third-order valence-corrected chi connectivity index (χ3v) is 4.57. The number of rotatable bonds is 12. The van der Waals surface area contributed by atoms with Crippen molar-refractivity contribution in [2.24, 2.45) is 35.0 Å². The topological polar surface area (TPSA) is 63.6 Å². The van der Waals surface area contributed by atoms with Gasteiger partial charge in [-0.1, -0.05) is 55.4 Å². The fraction of sp³-hybridized carbons (Fsp3) is 0.905. The number of hydrogen-bond acceptors (Lipinski definition) is 3. The highest BCUT2D eigenvalue weighted by Gasteiger charge is 2.50. The van der Waals surface area contributed by atoms with Gasteiger partial charge in [-0.3, -0.25) is 9.59 Å². The van der Waals surface area contributed by atoms with Crippen LogP contribution in [0.5, 0.6) is 0 Å². The summed E-state index contributed by atoms with van der Waals surface area (Å²) in [5.41, 5.74) is -0.941. The van der Waals surface area contributed by atoms with Gasteiger partial charge in [0.15, 0.2) is 0 Å². The van der Waals surface area contributed by atoms with Crippen molar-refractivity contribution in [3.8, 4) is 0 Å². The van der Waals surface area contributed by atoms with Crippen LogP contribution < -0.4 is 0 Å². The molecule has 0 aliphatic rings. The van der Waals surface area contributed by atoms with Crippen molar-refractivity contribution >= 4 is 11.9 Å². The summed E-state index contributed by atoms with van der Waals surface area (Å²) in [6, 6.07) is 0. The van der Waals surface area contributed by atoms with Gasteiger partial charge in [-0.15, -0.1) is 0 Å². The summed E-state index contributed by atoms with van der Waals surface area (Å²) in [4.78, 5) is 25.3. The molecule has 0 saturated carbocycles. The summed E-state index contributed by atoms with van der Waals surface area (Å²) in [7, 11) is 0. The van der Waals surface area contributed by atoms with Crippen molar-refractivity contribution in [3.63, 3.8) is 0 Å². The zero-order valence-electron chi connectivity index (χ0n) is 17.6. The maximum absolute atomic E-state index is 13.2. The minimum atomic E-state index is -0.941. The van der Waals surface area contributed by atoms with Gasteiger partial charge in [0.25, 0.3) is 0 Å². The Morgan fingerprint density at radius 3 is 1.80 bits per heavy atom. The SMILES string of the molecule is CC(C)CCC(CC(C)C)(C(=O)OCC(C)C)C(CC(C)C)C(=O)O. The number of carboxylic acids is 1. The van der Waals surface area contributed by atoms with Crippen molar-refractivity contribution in [1.82, 2.24) is 0 Å².